The zero-order valence-corrected chi connectivity index (χ0v) is 16.5. The molecule has 0 bridgehead atoms. The first kappa shape index (κ1) is 18.2. The topological polar surface area (TPSA) is 77.2 Å². The van der Waals surface area contributed by atoms with Crippen molar-refractivity contribution in [1.82, 2.24) is 0 Å². The number of amides is 1. The molecule has 0 saturated heterocycles. The summed E-state index contributed by atoms with van der Waals surface area (Å²) < 4.78 is 11.5. The minimum atomic E-state index is -0.138. The predicted octanol–water partition coefficient (Wildman–Crippen LogP) is 4.14. The van der Waals surface area contributed by atoms with E-state index in [1.807, 2.05) is 54.7 Å². The van der Waals surface area contributed by atoms with Crippen molar-refractivity contribution in [1.29, 1.82) is 0 Å². The summed E-state index contributed by atoms with van der Waals surface area (Å²) >= 11 is 0. The number of anilines is 2. The molecular weight excluding hydrogens is 378 g/mol. The molecule has 2 N–H and O–H groups in total. The second kappa shape index (κ2) is 7.22. The number of hydrogen-bond acceptors (Lipinski definition) is 5. The number of nitrogens with two attached hydrogens (primary N) is 1. The van der Waals surface area contributed by atoms with Gasteiger partial charge < -0.3 is 15.2 Å². The first-order valence-corrected chi connectivity index (χ1v) is 9.79. The van der Waals surface area contributed by atoms with E-state index in [1.165, 1.54) is 0 Å². The Kier molecular flexibility index (Phi) is 4.39. The second-order valence-electron chi connectivity index (χ2n) is 7.41. The molecule has 0 saturated carbocycles. The lowest BCUT2D eigenvalue weighted by Gasteiger charge is -2.22. The van der Waals surface area contributed by atoms with E-state index in [0.29, 0.717) is 41.5 Å². The van der Waals surface area contributed by atoms with Crippen LogP contribution in [0.25, 0.3) is 0 Å². The number of methoxy groups -OCH3 is 1. The van der Waals surface area contributed by atoms with Crippen LogP contribution in [0.2, 0.25) is 0 Å². The van der Waals surface area contributed by atoms with Gasteiger partial charge in [-0.25, -0.2) is 0 Å². The van der Waals surface area contributed by atoms with Gasteiger partial charge in [-0.1, -0.05) is 36.4 Å². The fourth-order valence-corrected chi connectivity index (χ4v) is 3.98. The van der Waals surface area contributed by atoms with Gasteiger partial charge in [0.25, 0.3) is 5.91 Å². The summed E-state index contributed by atoms with van der Waals surface area (Å²) in [4.78, 5) is 19.9. The fourth-order valence-electron chi connectivity index (χ4n) is 3.98. The van der Waals surface area contributed by atoms with Crippen molar-refractivity contribution >= 4 is 29.2 Å². The molecular formula is C24H21N3O3. The van der Waals surface area contributed by atoms with E-state index in [-0.39, 0.29) is 11.9 Å². The molecule has 0 radical (unpaired) electrons. The Morgan fingerprint density at radius 1 is 1.10 bits per heavy atom. The van der Waals surface area contributed by atoms with E-state index in [2.05, 4.69) is 4.99 Å². The third-order valence-electron chi connectivity index (χ3n) is 5.48. The first-order chi connectivity index (χ1) is 14.6. The highest BCUT2D eigenvalue weighted by Gasteiger charge is 2.36. The largest absolute Gasteiger partial charge is 0.493 e. The van der Waals surface area contributed by atoms with Crippen LogP contribution in [0.4, 0.5) is 17.1 Å². The van der Waals surface area contributed by atoms with Gasteiger partial charge in [0.15, 0.2) is 11.5 Å². The molecule has 0 fully saturated rings. The molecule has 0 aromatic heterocycles. The van der Waals surface area contributed by atoms with Crippen LogP contribution in [-0.2, 0) is 13.0 Å². The number of nitrogens with zero attached hydrogens (tertiary/aromatic N) is 2. The van der Waals surface area contributed by atoms with Crippen LogP contribution in [-0.4, -0.2) is 25.3 Å². The van der Waals surface area contributed by atoms with Gasteiger partial charge in [-0.15, -0.1) is 0 Å². The number of rotatable bonds is 4. The maximum atomic E-state index is 13.5. The average Bonchev–Trinajstić information content (AvgIpc) is 3.07. The van der Waals surface area contributed by atoms with Crippen molar-refractivity contribution in [2.75, 3.05) is 17.7 Å². The second-order valence-corrected chi connectivity index (χ2v) is 7.41. The van der Waals surface area contributed by atoms with E-state index in [4.69, 9.17) is 15.2 Å². The lowest BCUT2D eigenvalue weighted by atomic mass is 10.1. The number of carbonyl (C=O) groups is 1. The van der Waals surface area contributed by atoms with Gasteiger partial charge >= 0.3 is 0 Å². The molecule has 1 atom stereocenters. The number of ether oxygens (including phenoxy) is 2. The van der Waals surface area contributed by atoms with Gasteiger partial charge in [0, 0.05) is 24.4 Å². The minimum absolute atomic E-state index is 0.121. The van der Waals surface area contributed by atoms with Crippen LogP contribution in [0.5, 0.6) is 11.5 Å². The Morgan fingerprint density at radius 3 is 2.73 bits per heavy atom. The number of carbonyl (C=O) groups excluding carboxylic acids is 1. The van der Waals surface area contributed by atoms with Crippen molar-refractivity contribution in [3.05, 3.63) is 77.4 Å². The lowest BCUT2D eigenvalue weighted by molar-refractivity contribution is 0.0986. The normalized spacial score (nSPS) is 16.5. The van der Waals surface area contributed by atoms with Crippen LogP contribution < -0.4 is 20.1 Å². The average molecular weight is 399 g/mol. The lowest BCUT2D eigenvalue weighted by Crippen LogP contribution is -2.37. The van der Waals surface area contributed by atoms with Gasteiger partial charge in [-0.05, 0) is 29.3 Å². The zero-order chi connectivity index (χ0) is 20.7. The van der Waals surface area contributed by atoms with E-state index < -0.39 is 0 Å². The van der Waals surface area contributed by atoms with Crippen molar-refractivity contribution in [2.24, 2.45) is 4.99 Å². The molecule has 1 unspecified atom stereocenters. The summed E-state index contributed by atoms with van der Waals surface area (Å²) in [6.07, 6.45) is 2.54. The third-order valence-corrected chi connectivity index (χ3v) is 5.48. The van der Waals surface area contributed by atoms with Crippen molar-refractivity contribution < 1.29 is 14.3 Å². The molecule has 2 aliphatic rings. The van der Waals surface area contributed by atoms with E-state index >= 15 is 0 Å². The van der Waals surface area contributed by atoms with E-state index in [9.17, 15) is 4.79 Å². The molecule has 3 aromatic rings. The predicted molar refractivity (Wildman–Crippen MR) is 117 cm³/mol. The summed E-state index contributed by atoms with van der Waals surface area (Å²) in [5, 5.41) is 0. The van der Waals surface area contributed by atoms with Crippen LogP contribution in [0.1, 0.15) is 21.5 Å². The van der Waals surface area contributed by atoms with Crippen LogP contribution in [0.3, 0.4) is 0 Å². The maximum absolute atomic E-state index is 13.5. The molecule has 1 amide bonds. The van der Waals surface area contributed by atoms with Crippen molar-refractivity contribution in [3.63, 3.8) is 0 Å². The monoisotopic (exact) mass is 399 g/mol. The molecule has 5 rings (SSSR count). The molecule has 30 heavy (non-hydrogen) atoms. The Balaban J connectivity index is 1.51. The molecule has 0 spiro atoms. The number of benzene rings is 3. The summed E-state index contributed by atoms with van der Waals surface area (Å²) in [7, 11) is 1.57. The maximum Gasteiger partial charge on any atom is 0.261 e. The minimum Gasteiger partial charge on any atom is -0.493 e. The highest BCUT2D eigenvalue weighted by molar-refractivity contribution is 6.15. The SMILES string of the molecule is COc1cc2c(cc1OCc1ccccc1)N=CC1Cc3ccc(N)cc3N1C2=O. The van der Waals surface area contributed by atoms with E-state index in [1.54, 1.807) is 24.1 Å². The number of nitrogen functional groups attached to an aromatic ring is 1. The molecule has 6 nitrogen and oxygen atoms in total. The molecule has 0 aliphatic carbocycles. The Morgan fingerprint density at radius 2 is 1.93 bits per heavy atom. The number of hydrogen-bond donors (Lipinski definition) is 1. The zero-order valence-electron chi connectivity index (χ0n) is 16.5. The quantitative estimate of drug-likeness (QED) is 0.669. The smallest absolute Gasteiger partial charge is 0.261 e. The third kappa shape index (κ3) is 3.06. The number of fused-ring (bicyclic) bond motifs is 4. The number of aliphatic imine (C=N–C) groups is 1. The molecule has 2 heterocycles. The van der Waals surface area contributed by atoms with Gasteiger partial charge in [0.05, 0.1) is 30.1 Å². The fraction of sp³-hybridized carbons (Fsp3) is 0.167. The van der Waals surface area contributed by atoms with Gasteiger partial charge in [-0.3, -0.25) is 14.7 Å². The van der Waals surface area contributed by atoms with Crippen LogP contribution >= 0.6 is 0 Å². The van der Waals surface area contributed by atoms with Crippen molar-refractivity contribution in [3.8, 4) is 11.5 Å². The Hall–Kier alpha value is -3.80. The standard InChI is InChI=1S/C24H21N3O3/c1-29-22-11-19-20(12-23(22)30-14-15-5-3-2-4-6-15)26-13-18-9-16-7-8-17(25)10-21(16)27(18)24(19)28/h2-8,10-13,18H,9,14,25H2,1H3. The molecule has 150 valence electrons. The summed E-state index contributed by atoms with van der Waals surface area (Å²) in [6, 6.07) is 18.9. The van der Waals surface area contributed by atoms with Crippen molar-refractivity contribution in [2.45, 2.75) is 19.1 Å². The highest BCUT2D eigenvalue weighted by Crippen LogP contribution is 2.41. The Labute approximate surface area is 174 Å². The van der Waals surface area contributed by atoms with Crippen LogP contribution in [0, 0.1) is 0 Å². The summed E-state index contributed by atoms with van der Waals surface area (Å²) in [6.45, 7) is 0.398. The molecule has 2 aliphatic heterocycles. The highest BCUT2D eigenvalue weighted by atomic mass is 16.5. The van der Waals surface area contributed by atoms with Gasteiger partial charge in [-0.2, -0.15) is 0 Å². The first-order valence-electron chi connectivity index (χ1n) is 9.79. The van der Waals surface area contributed by atoms with Crippen LogP contribution in [0.15, 0.2) is 65.7 Å². The summed E-state index contributed by atoms with van der Waals surface area (Å²) in [5.41, 5.74) is 10.6. The summed E-state index contributed by atoms with van der Waals surface area (Å²) in [5.74, 6) is 0.931. The van der Waals surface area contributed by atoms with Gasteiger partial charge in [0.2, 0.25) is 0 Å². The Bertz CT molecular complexity index is 1160. The molecule has 6 heteroatoms. The van der Waals surface area contributed by atoms with E-state index in [0.717, 1.165) is 16.8 Å². The van der Waals surface area contributed by atoms with Gasteiger partial charge in [0.1, 0.15) is 6.61 Å². The molecule has 3 aromatic carbocycles.